The van der Waals surface area contributed by atoms with E-state index in [1.54, 1.807) is 31.2 Å². The summed E-state index contributed by atoms with van der Waals surface area (Å²) in [6.45, 7) is 1.45. The van der Waals surface area contributed by atoms with Crippen molar-refractivity contribution >= 4 is 23.8 Å². The average molecular weight is 406 g/mol. The molecule has 0 saturated carbocycles. The molecule has 1 aromatic carbocycles. The number of nitrogens with zero attached hydrogens (tertiary/aromatic N) is 1. The summed E-state index contributed by atoms with van der Waals surface area (Å²) in [7, 11) is 1.44. The number of rotatable bonds is 8. The zero-order valence-corrected chi connectivity index (χ0v) is 16.6. The van der Waals surface area contributed by atoms with Crippen molar-refractivity contribution in [1.82, 2.24) is 10.2 Å². The Morgan fingerprint density at radius 2 is 1.90 bits per heavy atom. The molecule has 1 saturated heterocycles. The summed E-state index contributed by atoms with van der Waals surface area (Å²) < 4.78 is 15.1. The van der Waals surface area contributed by atoms with Crippen molar-refractivity contribution in [3.05, 3.63) is 29.8 Å². The molecule has 2 rings (SSSR count). The van der Waals surface area contributed by atoms with Crippen LogP contribution in [0.5, 0.6) is 5.75 Å². The number of esters is 2. The Morgan fingerprint density at radius 1 is 1.14 bits per heavy atom. The molecule has 158 valence electrons. The lowest BCUT2D eigenvalue weighted by atomic mass is 10.0. The van der Waals surface area contributed by atoms with Gasteiger partial charge in [-0.1, -0.05) is 12.1 Å². The van der Waals surface area contributed by atoms with Crippen LogP contribution >= 0.6 is 0 Å². The van der Waals surface area contributed by atoms with E-state index in [0.717, 1.165) is 12.8 Å². The fourth-order valence-corrected chi connectivity index (χ4v) is 3.07. The van der Waals surface area contributed by atoms with Crippen LogP contribution in [-0.2, 0) is 23.9 Å². The molecule has 9 nitrogen and oxygen atoms in total. The second kappa shape index (κ2) is 11.0. The standard InChI is InChI=1S/C20H26N2O7/c1-3-28-20(26)15-9-6-7-11-22(15)17(23)13-29-18(24)12-21-19(25)14-8-4-5-10-16(14)27-2/h4-5,8,10,15H,3,6-7,9,11-13H2,1-2H3,(H,21,25). The number of likely N-dealkylation sites (tertiary alicyclic amines) is 1. The smallest absolute Gasteiger partial charge is 0.328 e. The van der Waals surface area contributed by atoms with Crippen LogP contribution in [0.15, 0.2) is 24.3 Å². The summed E-state index contributed by atoms with van der Waals surface area (Å²) >= 11 is 0. The van der Waals surface area contributed by atoms with Gasteiger partial charge in [0, 0.05) is 6.54 Å². The van der Waals surface area contributed by atoms with Crippen LogP contribution in [0.4, 0.5) is 0 Å². The molecule has 0 spiro atoms. The van der Waals surface area contributed by atoms with Gasteiger partial charge in [-0.2, -0.15) is 0 Å². The van der Waals surface area contributed by atoms with Crippen molar-refractivity contribution in [1.29, 1.82) is 0 Å². The van der Waals surface area contributed by atoms with Crippen LogP contribution in [0, 0.1) is 0 Å². The number of methoxy groups -OCH3 is 1. The van der Waals surface area contributed by atoms with E-state index in [2.05, 4.69) is 5.32 Å². The maximum Gasteiger partial charge on any atom is 0.328 e. The quantitative estimate of drug-likeness (QED) is 0.639. The Balaban J connectivity index is 1.82. The number of ether oxygens (including phenoxy) is 3. The normalized spacial score (nSPS) is 15.9. The Labute approximate surface area is 169 Å². The number of amides is 2. The Kier molecular flexibility index (Phi) is 8.45. The summed E-state index contributed by atoms with van der Waals surface area (Å²) in [6, 6.07) is 5.94. The Hall–Kier alpha value is -3.10. The third kappa shape index (κ3) is 6.20. The van der Waals surface area contributed by atoms with E-state index in [4.69, 9.17) is 14.2 Å². The van der Waals surface area contributed by atoms with Gasteiger partial charge < -0.3 is 24.4 Å². The lowest BCUT2D eigenvalue weighted by molar-refractivity contribution is -0.160. The van der Waals surface area contributed by atoms with Crippen LogP contribution < -0.4 is 10.1 Å². The van der Waals surface area contributed by atoms with Crippen molar-refractivity contribution in [3.63, 3.8) is 0 Å². The first kappa shape index (κ1) is 22.2. The lowest BCUT2D eigenvalue weighted by Crippen LogP contribution is -2.50. The van der Waals surface area contributed by atoms with Gasteiger partial charge >= 0.3 is 11.9 Å². The van der Waals surface area contributed by atoms with Gasteiger partial charge in [-0.05, 0) is 38.3 Å². The molecule has 1 aromatic rings. The van der Waals surface area contributed by atoms with Crippen molar-refractivity contribution in [3.8, 4) is 5.75 Å². The molecule has 1 aliphatic rings. The molecule has 1 atom stereocenters. The number of hydrogen-bond donors (Lipinski definition) is 1. The fraction of sp³-hybridized carbons (Fsp3) is 0.500. The van der Waals surface area contributed by atoms with Crippen molar-refractivity contribution < 1.29 is 33.4 Å². The monoisotopic (exact) mass is 406 g/mol. The van der Waals surface area contributed by atoms with Crippen LogP contribution in [0.25, 0.3) is 0 Å². The first-order valence-corrected chi connectivity index (χ1v) is 9.50. The summed E-state index contributed by atoms with van der Waals surface area (Å²) in [5.74, 6) is -1.79. The first-order valence-electron chi connectivity index (χ1n) is 9.50. The zero-order chi connectivity index (χ0) is 21.2. The average Bonchev–Trinajstić information content (AvgIpc) is 2.75. The summed E-state index contributed by atoms with van der Waals surface area (Å²) in [4.78, 5) is 49.9. The SMILES string of the molecule is CCOC(=O)C1CCCCN1C(=O)COC(=O)CNC(=O)c1ccccc1OC. The van der Waals surface area contributed by atoms with Gasteiger partial charge in [0.2, 0.25) is 0 Å². The van der Waals surface area contributed by atoms with Gasteiger partial charge in [0.1, 0.15) is 18.3 Å². The highest BCUT2D eigenvalue weighted by molar-refractivity contribution is 5.98. The number of carbonyl (C=O) groups excluding carboxylic acids is 4. The number of benzene rings is 1. The second-order valence-electron chi connectivity index (χ2n) is 6.39. The molecule has 1 fully saturated rings. The number of carbonyl (C=O) groups is 4. The predicted molar refractivity (Wildman–Crippen MR) is 102 cm³/mol. The minimum Gasteiger partial charge on any atom is -0.496 e. The molecule has 2 amide bonds. The van der Waals surface area contributed by atoms with E-state index in [1.807, 2.05) is 0 Å². The fourth-order valence-electron chi connectivity index (χ4n) is 3.07. The van der Waals surface area contributed by atoms with Gasteiger partial charge in [-0.3, -0.25) is 14.4 Å². The van der Waals surface area contributed by atoms with Crippen molar-refractivity contribution in [2.45, 2.75) is 32.2 Å². The van der Waals surface area contributed by atoms with E-state index < -0.39 is 42.9 Å². The number of nitrogens with one attached hydrogen (secondary N) is 1. The van der Waals surface area contributed by atoms with Crippen molar-refractivity contribution in [2.24, 2.45) is 0 Å². The molecule has 0 aliphatic carbocycles. The zero-order valence-electron chi connectivity index (χ0n) is 16.6. The second-order valence-corrected chi connectivity index (χ2v) is 6.39. The summed E-state index contributed by atoms with van der Waals surface area (Å²) in [6.07, 6.45) is 2.11. The van der Waals surface area contributed by atoms with Gasteiger partial charge in [0.05, 0.1) is 19.3 Å². The van der Waals surface area contributed by atoms with Gasteiger partial charge in [0.15, 0.2) is 6.61 Å². The Morgan fingerprint density at radius 3 is 2.62 bits per heavy atom. The maximum absolute atomic E-state index is 12.4. The van der Waals surface area contributed by atoms with Crippen LogP contribution in [0.1, 0.15) is 36.5 Å². The predicted octanol–water partition coefficient (Wildman–Crippen LogP) is 0.912. The summed E-state index contributed by atoms with van der Waals surface area (Å²) in [5.41, 5.74) is 0.282. The van der Waals surface area contributed by atoms with Gasteiger partial charge in [0.25, 0.3) is 11.8 Å². The third-order valence-electron chi connectivity index (χ3n) is 4.48. The number of piperidine rings is 1. The number of hydrogen-bond acceptors (Lipinski definition) is 7. The Bertz CT molecular complexity index is 750. The molecule has 1 unspecified atom stereocenters. The highest BCUT2D eigenvalue weighted by atomic mass is 16.5. The van der Waals surface area contributed by atoms with Crippen LogP contribution in [-0.4, -0.2) is 68.1 Å². The third-order valence-corrected chi connectivity index (χ3v) is 4.48. The molecule has 1 aliphatic heterocycles. The molecule has 0 aromatic heterocycles. The molecule has 9 heteroatoms. The first-order chi connectivity index (χ1) is 14.0. The van der Waals surface area contributed by atoms with E-state index in [-0.39, 0.29) is 12.2 Å². The molecular weight excluding hydrogens is 380 g/mol. The molecule has 29 heavy (non-hydrogen) atoms. The van der Waals surface area contributed by atoms with E-state index >= 15 is 0 Å². The van der Waals surface area contributed by atoms with Crippen molar-refractivity contribution in [2.75, 3.05) is 33.4 Å². The van der Waals surface area contributed by atoms with E-state index in [9.17, 15) is 19.2 Å². The lowest BCUT2D eigenvalue weighted by Gasteiger charge is -2.33. The van der Waals surface area contributed by atoms with Gasteiger partial charge in [-0.15, -0.1) is 0 Å². The molecular formula is C20H26N2O7. The highest BCUT2D eigenvalue weighted by Crippen LogP contribution is 2.19. The number of para-hydroxylation sites is 1. The molecule has 1 heterocycles. The van der Waals surface area contributed by atoms with E-state index in [0.29, 0.717) is 18.7 Å². The van der Waals surface area contributed by atoms with Crippen LogP contribution in [0.2, 0.25) is 0 Å². The largest absolute Gasteiger partial charge is 0.496 e. The van der Waals surface area contributed by atoms with Gasteiger partial charge in [-0.25, -0.2) is 4.79 Å². The molecule has 0 radical (unpaired) electrons. The molecule has 1 N–H and O–H groups in total. The molecule has 0 bridgehead atoms. The summed E-state index contributed by atoms with van der Waals surface area (Å²) in [5, 5.41) is 2.43. The topological polar surface area (TPSA) is 111 Å². The highest BCUT2D eigenvalue weighted by Gasteiger charge is 2.33. The minimum atomic E-state index is -0.758. The van der Waals surface area contributed by atoms with E-state index in [1.165, 1.54) is 12.0 Å². The van der Waals surface area contributed by atoms with Crippen LogP contribution in [0.3, 0.4) is 0 Å². The minimum absolute atomic E-state index is 0.234. The maximum atomic E-state index is 12.4.